The molecule has 4 heteroatoms. The number of nitrogens with zero attached hydrogens (tertiary/aromatic N) is 1. The van der Waals surface area contributed by atoms with E-state index in [1.807, 2.05) is 49.6 Å². The molecule has 2 rings (SSSR count). The van der Waals surface area contributed by atoms with Gasteiger partial charge in [-0.1, -0.05) is 17.7 Å². The maximum atomic E-state index is 11.8. The number of benzene rings is 1. The standard InChI is InChI=1S/C15H17ClN2O/c1-12-13(16)6-4-7-14(12)17-15(19)8-5-11-18-9-2-3-10-18/h2-4,6-7,9-10H,5,8,11H2,1H3,(H,17,19). The summed E-state index contributed by atoms with van der Waals surface area (Å²) in [6.07, 6.45) is 5.32. The second kappa shape index (κ2) is 6.43. The Morgan fingerprint density at radius 3 is 2.74 bits per heavy atom. The third kappa shape index (κ3) is 3.86. The molecule has 1 amide bonds. The zero-order chi connectivity index (χ0) is 13.7. The van der Waals surface area contributed by atoms with Crippen LogP contribution >= 0.6 is 11.6 Å². The molecule has 0 unspecified atom stereocenters. The van der Waals surface area contributed by atoms with Crippen molar-refractivity contribution in [2.45, 2.75) is 26.3 Å². The van der Waals surface area contributed by atoms with Gasteiger partial charge in [-0.2, -0.15) is 0 Å². The van der Waals surface area contributed by atoms with Gasteiger partial charge in [0.2, 0.25) is 5.91 Å². The third-order valence-electron chi connectivity index (χ3n) is 3.03. The van der Waals surface area contributed by atoms with Gasteiger partial charge in [0.15, 0.2) is 0 Å². The van der Waals surface area contributed by atoms with Gasteiger partial charge in [0, 0.05) is 36.1 Å². The van der Waals surface area contributed by atoms with E-state index in [1.165, 1.54) is 0 Å². The second-order valence-electron chi connectivity index (χ2n) is 4.48. The molecule has 1 aromatic heterocycles. The molecular weight excluding hydrogens is 260 g/mol. The molecule has 2 aromatic rings. The van der Waals surface area contributed by atoms with Crippen molar-refractivity contribution >= 4 is 23.2 Å². The van der Waals surface area contributed by atoms with E-state index >= 15 is 0 Å². The minimum Gasteiger partial charge on any atom is -0.354 e. The monoisotopic (exact) mass is 276 g/mol. The fourth-order valence-corrected chi connectivity index (χ4v) is 2.07. The van der Waals surface area contributed by atoms with Crippen molar-refractivity contribution in [3.63, 3.8) is 0 Å². The molecule has 100 valence electrons. The highest BCUT2D eigenvalue weighted by molar-refractivity contribution is 6.31. The van der Waals surface area contributed by atoms with E-state index in [4.69, 9.17) is 11.6 Å². The van der Waals surface area contributed by atoms with E-state index in [1.54, 1.807) is 0 Å². The molecule has 3 nitrogen and oxygen atoms in total. The van der Waals surface area contributed by atoms with Gasteiger partial charge in [-0.15, -0.1) is 0 Å². The molecular formula is C15H17ClN2O. The van der Waals surface area contributed by atoms with Gasteiger partial charge >= 0.3 is 0 Å². The lowest BCUT2D eigenvalue weighted by molar-refractivity contribution is -0.116. The van der Waals surface area contributed by atoms with Gasteiger partial charge in [0.25, 0.3) is 0 Å². The van der Waals surface area contributed by atoms with Gasteiger partial charge in [-0.3, -0.25) is 4.79 Å². The van der Waals surface area contributed by atoms with Gasteiger partial charge in [-0.25, -0.2) is 0 Å². The third-order valence-corrected chi connectivity index (χ3v) is 3.44. The molecule has 0 aliphatic heterocycles. The van der Waals surface area contributed by atoms with Crippen LogP contribution < -0.4 is 5.32 Å². The van der Waals surface area contributed by atoms with Crippen molar-refractivity contribution in [3.8, 4) is 0 Å². The largest absolute Gasteiger partial charge is 0.354 e. The molecule has 19 heavy (non-hydrogen) atoms. The second-order valence-corrected chi connectivity index (χ2v) is 4.89. The number of hydrogen-bond donors (Lipinski definition) is 1. The fraction of sp³-hybridized carbons (Fsp3) is 0.267. The van der Waals surface area contributed by atoms with Crippen LogP contribution in [0.2, 0.25) is 5.02 Å². The maximum absolute atomic E-state index is 11.8. The summed E-state index contributed by atoms with van der Waals surface area (Å²) in [5.41, 5.74) is 1.70. The van der Waals surface area contributed by atoms with Gasteiger partial charge < -0.3 is 9.88 Å². The molecule has 0 spiro atoms. The zero-order valence-electron chi connectivity index (χ0n) is 10.9. The fourth-order valence-electron chi connectivity index (χ4n) is 1.90. The number of anilines is 1. The van der Waals surface area contributed by atoms with Crippen molar-refractivity contribution in [1.29, 1.82) is 0 Å². The Bertz CT molecular complexity index is 549. The number of carbonyl (C=O) groups excluding carboxylic acids is 1. The Hall–Kier alpha value is -1.74. The summed E-state index contributed by atoms with van der Waals surface area (Å²) in [5.74, 6) is 0.0255. The van der Waals surface area contributed by atoms with Crippen molar-refractivity contribution in [3.05, 3.63) is 53.3 Å². The topological polar surface area (TPSA) is 34.0 Å². The van der Waals surface area contributed by atoms with Crippen LogP contribution in [-0.2, 0) is 11.3 Å². The predicted molar refractivity (Wildman–Crippen MR) is 78.5 cm³/mol. The number of amides is 1. The predicted octanol–water partition coefficient (Wildman–Crippen LogP) is 3.87. The normalized spacial score (nSPS) is 10.4. The lowest BCUT2D eigenvalue weighted by atomic mass is 10.2. The van der Waals surface area contributed by atoms with Crippen LogP contribution in [0.3, 0.4) is 0 Å². The number of aromatic nitrogens is 1. The quantitative estimate of drug-likeness (QED) is 0.884. The Kier molecular flexibility index (Phi) is 4.63. The summed E-state index contributed by atoms with van der Waals surface area (Å²) in [6, 6.07) is 9.49. The first-order valence-electron chi connectivity index (χ1n) is 6.32. The summed E-state index contributed by atoms with van der Waals surface area (Å²) in [6.45, 7) is 2.76. The highest BCUT2D eigenvalue weighted by Crippen LogP contribution is 2.23. The summed E-state index contributed by atoms with van der Waals surface area (Å²) < 4.78 is 2.07. The van der Waals surface area contributed by atoms with E-state index in [2.05, 4.69) is 9.88 Å². The number of rotatable bonds is 5. The number of aryl methyl sites for hydroxylation is 1. The van der Waals surface area contributed by atoms with Gasteiger partial charge in [-0.05, 0) is 43.2 Å². The van der Waals surface area contributed by atoms with Crippen LogP contribution in [0.15, 0.2) is 42.7 Å². The zero-order valence-corrected chi connectivity index (χ0v) is 11.7. The first-order valence-corrected chi connectivity index (χ1v) is 6.70. The van der Waals surface area contributed by atoms with Crippen molar-refractivity contribution in [2.24, 2.45) is 0 Å². The van der Waals surface area contributed by atoms with Crippen LogP contribution in [0.1, 0.15) is 18.4 Å². The van der Waals surface area contributed by atoms with Crippen molar-refractivity contribution in [2.75, 3.05) is 5.32 Å². The van der Waals surface area contributed by atoms with Crippen LogP contribution in [0, 0.1) is 6.92 Å². The molecule has 0 bridgehead atoms. The Labute approximate surface area is 118 Å². The number of hydrogen-bond acceptors (Lipinski definition) is 1. The Morgan fingerprint density at radius 1 is 1.26 bits per heavy atom. The minimum atomic E-state index is 0.0255. The number of carbonyl (C=O) groups is 1. The highest BCUT2D eigenvalue weighted by Gasteiger charge is 2.06. The first kappa shape index (κ1) is 13.7. The van der Waals surface area contributed by atoms with Crippen LogP contribution in [0.4, 0.5) is 5.69 Å². The molecule has 0 saturated carbocycles. The van der Waals surface area contributed by atoms with E-state index in [-0.39, 0.29) is 5.91 Å². The van der Waals surface area contributed by atoms with E-state index in [0.29, 0.717) is 11.4 Å². The molecule has 0 aliphatic rings. The van der Waals surface area contributed by atoms with E-state index in [0.717, 1.165) is 24.2 Å². The van der Waals surface area contributed by atoms with Gasteiger partial charge in [0.1, 0.15) is 0 Å². The lowest BCUT2D eigenvalue weighted by Gasteiger charge is -2.09. The average Bonchev–Trinajstić information content (AvgIpc) is 2.88. The average molecular weight is 277 g/mol. The minimum absolute atomic E-state index is 0.0255. The number of nitrogens with one attached hydrogen (secondary N) is 1. The molecule has 1 heterocycles. The van der Waals surface area contributed by atoms with Crippen LogP contribution in [0.25, 0.3) is 0 Å². The van der Waals surface area contributed by atoms with Gasteiger partial charge in [0.05, 0.1) is 0 Å². The Morgan fingerprint density at radius 2 is 2.00 bits per heavy atom. The summed E-state index contributed by atoms with van der Waals surface area (Å²) >= 11 is 6.01. The smallest absolute Gasteiger partial charge is 0.224 e. The molecule has 0 atom stereocenters. The highest BCUT2D eigenvalue weighted by atomic mass is 35.5. The summed E-state index contributed by atoms with van der Waals surface area (Å²) in [7, 11) is 0. The summed E-state index contributed by atoms with van der Waals surface area (Å²) in [5, 5.41) is 3.57. The molecule has 0 fully saturated rings. The molecule has 0 saturated heterocycles. The molecule has 1 aromatic carbocycles. The maximum Gasteiger partial charge on any atom is 0.224 e. The van der Waals surface area contributed by atoms with Crippen LogP contribution in [0.5, 0.6) is 0 Å². The molecule has 1 N–H and O–H groups in total. The van der Waals surface area contributed by atoms with E-state index < -0.39 is 0 Å². The first-order chi connectivity index (χ1) is 9.16. The summed E-state index contributed by atoms with van der Waals surface area (Å²) in [4.78, 5) is 11.8. The van der Waals surface area contributed by atoms with Crippen molar-refractivity contribution in [1.82, 2.24) is 4.57 Å². The molecule has 0 radical (unpaired) electrons. The lowest BCUT2D eigenvalue weighted by Crippen LogP contribution is -2.13. The Balaban J connectivity index is 1.82. The van der Waals surface area contributed by atoms with Crippen LogP contribution in [-0.4, -0.2) is 10.5 Å². The SMILES string of the molecule is Cc1c(Cl)cccc1NC(=O)CCCn1cccc1. The van der Waals surface area contributed by atoms with Crippen molar-refractivity contribution < 1.29 is 4.79 Å². The molecule has 0 aliphatic carbocycles. The van der Waals surface area contributed by atoms with E-state index in [9.17, 15) is 4.79 Å². The number of halogens is 1.